The Bertz CT molecular complexity index is 719. The number of nitrogens with zero attached hydrogens (tertiary/aromatic N) is 1. The van der Waals surface area contributed by atoms with Crippen molar-refractivity contribution in [3.63, 3.8) is 0 Å². The van der Waals surface area contributed by atoms with E-state index in [0.717, 1.165) is 0 Å². The number of hydrogen-bond donors (Lipinski definition) is 2. The van der Waals surface area contributed by atoms with Gasteiger partial charge in [-0.05, 0) is 36.5 Å². The Hall–Kier alpha value is -2.00. The molecule has 2 aliphatic rings. The van der Waals surface area contributed by atoms with Crippen molar-refractivity contribution in [2.75, 3.05) is 36.1 Å². The number of cyclic esters (lactones) is 1. The van der Waals surface area contributed by atoms with Gasteiger partial charge in [0.25, 0.3) is 0 Å². The Balaban J connectivity index is 1.66. The minimum absolute atomic E-state index is 0.0497. The summed E-state index contributed by atoms with van der Waals surface area (Å²) in [5.74, 6) is 0.291. The van der Waals surface area contributed by atoms with Gasteiger partial charge in [0, 0.05) is 22.3 Å². The lowest BCUT2D eigenvalue weighted by atomic mass is 9.93. The molecule has 26 heavy (non-hydrogen) atoms. The van der Waals surface area contributed by atoms with E-state index in [1.807, 2.05) is 0 Å². The van der Waals surface area contributed by atoms with Crippen LogP contribution >= 0.6 is 0 Å². The number of carbonyl (C=O) groups is 2. The molecule has 0 bridgehead atoms. The maximum Gasteiger partial charge on any atom is 0.414 e. The Labute approximate surface area is 153 Å². The van der Waals surface area contributed by atoms with E-state index in [-0.39, 0.29) is 24.8 Å². The molecule has 0 radical (unpaired) electrons. The first-order valence-electron chi connectivity index (χ1n) is 8.48. The molecule has 7 nitrogen and oxygen atoms in total. The molecular formula is C17H21FN2O5S. The van der Waals surface area contributed by atoms with Crippen LogP contribution in [0.25, 0.3) is 0 Å². The van der Waals surface area contributed by atoms with Gasteiger partial charge in [-0.15, -0.1) is 0 Å². The summed E-state index contributed by atoms with van der Waals surface area (Å²) in [7, 11) is -0.800. The van der Waals surface area contributed by atoms with Gasteiger partial charge in [0.2, 0.25) is 5.91 Å². The standard InChI is InChI=1S/C17H21FN2O5S/c18-15-7-12(1-2-14(15)11-3-5-26(24)6-4-11)20-9-13(25-17(20)23)8-19-16(22)10-21/h1-2,7,11,13,21H,3-6,8-10H2,(H,19,22)/t11?,13-,26?/m0/s1. The van der Waals surface area contributed by atoms with Crippen molar-refractivity contribution >= 4 is 28.5 Å². The highest BCUT2D eigenvalue weighted by atomic mass is 32.2. The Morgan fingerprint density at radius 2 is 2.12 bits per heavy atom. The van der Waals surface area contributed by atoms with Crippen LogP contribution in [0.2, 0.25) is 0 Å². The summed E-state index contributed by atoms with van der Waals surface area (Å²) in [6, 6.07) is 4.68. The second-order valence-electron chi connectivity index (χ2n) is 6.41. The SMILES string of the molecule is O=C(CO)NC[C@H]1CN(c2ccc(C3CCS(=O)CC3)c(F)c2)C(=O)O1. The average molecular weight is 384 g/mol. The van der Waals surface area contributed by atoms with Gasteiger partial charge in [0.1, 0.15) is 18.5 Å². The van der Waals surface area contributed by atoms with Gasteiger partial charge in [-0.3, -0.25) is 13.9 Å². The van der Waals surface area contributed by atoms with Gasteiger partial charge in [0.05, 0.1) is 18.8 Å². The first-order valence-corrected chi connectivity index (χ1v) is 9.97. The molecule has 2 N–H and O–H groups in total. The Kier molecular flexibility index (Phi) is 5.87. The van der Waals surface area contributed by atoms with E-state index in [0.29, 0.717) is 35.6 Å². The van der Waals surface area contributed by atoms with Gasteiger partial charge >= 0.3 is 6.09 Å². The molecule has 2 saturated heterocycles. The molecule has 0 aliphatic carbocycles. The number of aliphatic hydroxyl groups excluding tert-OH is 1. The van der Waals surface area contributed by atoms with Crippen molar-refractivity contribution in [3.05, 3.63) is 29.6 Å². The van der Waals surface area contributed by atoms with E-state index in [1.54, 1.807) is 12.1 Å². The number of nitrogens with one attached hydrogen (secondary N) is 1. The highest BCUT2D eigenvalue weighted by Crippen LogP contribution is 2.32. The monoisotopic (exact) mass is 384 g/mol. The third-order valence-electron chi connectivity index (χ3n) is 4.67. The van der Waals surface area contributed by atoms with E-state index in [1.165, 1.54) is 11.0 Å². The first-order chi connectivity index (χ1) is 12.5. The van der Waals surface area contributed by atoms with Gasteiger partial charge in [0.15, 0.2) is 0 Å². The normalized spacial score (nSPS) is 25.8. The van der Waals surface area contributed by atoms with Gasteiger partial charge in [-0.2, -0.15) is 0 Å². The first kappa shape index (κ1) is 18.8. The summed E-state index contributed by atoms with van der Waals surface area (Å²) in [5, 5.41) is 11.1. The fourth-order valence-corrected chi connectivity index (χ4v) is 4.54. The molecule has 0 saturated carbocycles. The molecule has 0 unspecified atom stereocenters. The fraction of sp³-hybridized carbons (Fsp3) is 0.529. The van der Waals surface area contributed by atoms with E-state index < -0.39 is 35.5 Å². The summed E-state index contributed by atoms with van der Waals surface area (Å²) < 4.78 is 31.2. The van der Waals surface area contributed by atoms with Crippen molar-refractivity contribution in [2.45, 2.75) is 24.9 Å². The molecule has 2 heterocycles. The number of aliphatic hydroxyl groups is 1. The maximum atomic E-state index is 14.6. The van der Waals surface area contributed by atoms with Crippen LogP contribution < -0.4 is 10.2 Å². The van der Waals surface area contributed by atoms with Crippen molar-refractivity contribution in [1.82, 2.24) is 5.32 Å². The van der Waals surface area contributed by atoms with Crippen LogP contribution in [0.1, 0.15) is 24.3 Å². The second kappa shape index (κ2) is 8.13. The van der Waals surface area contributed by atoms with Crippen LogP contribution in [0, 0.1) is 5.82 Å². The number of rotatable bonds is 5. The maximum absolute atomic E-state index is 14.6. The van der Waals surface area contributed by atoms with Crippen LogP contribution in [-0.2, 0) is 20.3 Å². The third kappa shape index (κ3) is 4.21. The lowest BCUT2D eigenvalue weighted by Crippen LogP contribution is -2.36. The van der Waals surface area contributed by atoms with Crippen molar-refractivity contribution in [3.8, 4) is 0 Å². The molecule has 0 spiro atoms. The third-order valence-corrected chi connectivity index (χ3v) is 6.05. The quantitative estimate of drug-likeness (QED) is 0.786. The topological polar surface area (TPSA) is 95.9 Å². The Morgan fingerprint density at radius 3 is 2.77 bits per heavy atom. The zero-order valence-corrected chi connectivity index (χ0v) is 15.0. The van der Waals surface area contributed by atoms with E-state index in [2.05, 4.69) is 5.32 Å². The molecule has 1 aromatic carbocycles. The van der Waals surface area contributed by atoms with E-state index in [4.69, 9.17) is 9.84 Å². The summed E-state index contributed by atoms with van der Waals surface area (Å²) >= 11 is 0. The number of ether oxygens (including phenoxy) is 1. The number of carbonyl (C=O) groups excluding carboxylic acids is 2. The van der Waals surface area contributed by atoms with Crippen molar-refractivity contribution in [1.29, 1.82) is 0 Å². The molecule has 2 amide bonds. The number of hydrogen-bond acceptors (Lipinski definition) is 5. The second-order valence-corrected chi connectivity index (χ2v) is 8.10. The predicted molar refractivity (Wildman–Crippen MR) is 94.0 cm³/mol. The number of halogens is 1. The van der Waals surface area contributed by atoms with E-state index >= 15 is 0 Å². The van der Waals surface area contributed by atoms with Crippen LogP contribution in [-0.4, -0.2) is 58.6 Å². The molecule has 3 rings (SSSR count). The molecule has 9 heteroatoms. The van der Waals surface area contributed by atoms with E-state index in [9.17, 15) is 18.2 Å². The van der Waals surface area contributed by atoms with Crippen molar-refractivity contribution in [2.24, 2.45) is 0 Å². The summed E-state index contributed by atoms with van der Waals surface area (Å²) in [4.78, 5) is 24.4. The van der Waals surface area contributed by atoms with Crippen LogP contribution in [0.15, 0.2) is 18.2 Å². The van der Waals surface area contributed by atoms with Crippen LogP contribution in [0.4, 0.5) is 14.9 Å². The summed E-state index contributed by atoms with van der Waals surface area (Å²) in [6.07, 6.45) is 0.227. The van der Waals surface area contributed by atoms with Gasteiger partial charge in [-0.1, -0.05) is 6.07 Å². The zero-order chi connectivity index (χ0) is 18.7. The number of benzene rings is 1. The van der Waals surface area contributed by atoms with Gasteiger partial charge in [-0.25, -0.2) is 9.18 Å². The molecule has 1 atom stereocenters. The molecule has 2 aliphatic heterocycles. The zero-order valence-electron chi connectivity index (χ0n) is 14.2. The average Bonchev–Trinajstić information content (AvgIpc) is 3.01. The predicted octanol–water partition coefficient (Wildman–Crippen LogP) is 0.885. The molecule has 142 valence electrons. The molecule has 2 fully saturated rings. The molecular weight excluding hydrogens is 363 g/mol. The summed E-state index contributed by atoms with van der Waals surface area (Å²) in [6.45, 7) is -0.362. The molecule has 0 aromatic heterocycles. The van der Waals surface area contributed by atoms with Crippen molar-refractivity contribution < 1.29 is 28.0 Å². The summed E-state index contributed by atoms with van der Waals surface area (Å²) in [5.41, 5.74) is 0.983. The largest absolute Gasteiger partial charge is 0.442 e. The van der Waals surface area contributed by atoms with Crippen LogP contribution in [0.5, 0.6) is 0 Å². The minimum Gasteiger partial charge on any atom is -0.442 e. The van der Waals surface area contributed by atoms with Gasteiger partial charge < -0.3 is 15.2 Å². The lowest BCUT2D eigenvalue weighted by Gasteiger charge is -2.23. The Morgan fingerprint density at radius 1 is 1.38 bits per heavy atom. The number of amides is 2. The smallest absolute Gasteiger partial charge is 0.414 e. The minimum atomic E-state index is -0.800. The van der Waals surface area contributed by atoms with Crippen LogP contribution in [0.3, 0.4) is 0 Å². The highest BCUT2D eigenvalue weighted by Gasteiger charge is 2.33. The lowest BCUT2D eigenvalue weighted by molar-refractivity contribution is -0.124. The fourth-order valence-electron chi connectivity index (χ4n) is 3.24. The number of anilines is 1. The molecule has 1 aromatic rings. The highest BCUT2D eigenvalue weighted by molar-refractivity contribution is 7.85.